The molecule has 0 saturated carbocycles. The monoisotopic (exact) mass is 256 g/mol. The zero-order valence-electron chi connectivity index (χ0n) is 11.3. The molecule has 1 atom stereocenters. The molecular weight excluding hydrogens is 232 g/mol. The smallest absolute Gasteiger partial charge is 0.307 e. The van der Waals surface area contributed by atoms with Crippen molar-refractivity contribution in [2.75, 3.05) is 26.7 Å². The Kier molecular flexibility index (Phi) is 6.72. The number of nitrogens with one attached hydrogen (secondary N) is 2. The van der Waals surface area contributed by atoms with Gasteiger partial charge in [0.05, 0.1) is 13.5 Å². The molecule has 1 amide bonds. The zero-order valence-corrected chi connectivity index (χ0v) is 11.3. The van der Waals surface area contributed by atoms with Crippen molar-refractivity contribution in [3.05, 3.63) is 0 Å². The van der Waals surface area contributed by atoms with Crippen LogP contribution in [0, 0.1) is 11.8 Å². The molecule has 2 N–H and O–H groups in total. The van der Waals surface area contributed by atoms with Gasteiger partial charge in [0.2, 0.25) is 5.91 Å². The van der Waals surface area contributed by atoms with Gasteiger partial charge < -0.3 is 15.4 Å². The van der Waals surface area contributed by atoms with Crippen LogP contribution >= 0.6 is 0 Å². The Bertz CT molecular complexity index is 275. The van der Waals surface area contributed by atoms with Gasteiger partial charge in [-0.25, -0.2) is 0 Å². The summed E-state index contributed by atoms with van der Waals surface area (Å²) >= 11 is 0. The summed E-state index contributed by atoms with van der Waals surface area (Å²) in [5, 5.41) is 6.09. The maximum absolute atomic E-state index is 11.7. The van der Waals surface area contributed by atoms with Crippen LogP contribution in [0.3, 0.4) is 0 Å². The van der Waals surface area contributed by atoms with Crippen LogP contribution in [0.5, 0.6) is 0 Å². The fourth-order valence-electron chi connectivity index (χ4n) is 2.35. The van der Waals surface area contributed by atoms with E-state index < -0.39 is 0 Å². The minimum absolute atomic E-state index is 0.0323. The van der Waals surface area contributed by atoms with Crippen LogP contribution in [0.25, 0.3) is 0 Å². The van der Waals surface area contributed by atoms with Gasteiger partial charge in [-0.2, -0.15) is 0 Å². The van der Waals surface area contributed by atoms with E-state index in [2.05, 4.69) is 22.3 Å². The van der Waals surface area contributed by atoms with Crippen LogP contribution in [0.1, 0.15) is 32.6 Å². The third kappa shape index (κ3) is 5.49. The van der Waals surface area contributed by atoms with Gasteiger partial charge in [0.1, 0.15) is 0 Å². The Morgan fingerprint density at radius 2 is 2.06 bits per heavy atom. The molecule has 1 heterocycles. The highest BCUT2D eigenvalue weighted by Crippen LogP contribution is 2.23. The lowest BCUT2D eigenvalue weighted by atomic mass is 9.84. The van der Waals surface area contributed by atoms with Crippen molar-refractivity contribution in [1.29, 1.82) is 0 Å². The molecule has 0 aliphatic carbocycles. The molecule has 1 rings (SSSR count). The van der Waals surface area contributed by atoms with Gasteiger partial charge in [-0.1, -0.05) is 6.92 Å². The maximum Gasteiger partial charge on any atom is 0.307 e. The summed E-state index contributed by atoms with van der Waals surface area (Å²) in [7, 11) is 1.35. The fourth-order valence-corrected chi connectivity index (χ4v) is 2.35. The Morgan fingerprint density at radius 3 is 2.67 bits per heavy atom. The topological polar surface area (TPSA) is 67.4 Å². The molecule has 0 radical (unpaired) electrons. The molecule has 5 heteroatoms. The Labute approximate surface area is 109 Å². The number of carbonyl (C=O) groups excluding carboxylic acids is 2. The highest BCUT2D eigenvalue weighted by molar-refractivity contribution is 5.77. The average molecular weight is 256 g/mol. The Morgan fingerprint density at radius 1 is 1.39 bits per heavy atom. The van der Waals surface area contributed by atoms with Gasteiger partial charge in [0.25, 0.3) is 0 Å². The SMILES string of the molecule is COC(=O)CCNC(=O)CC(C)C1CCNCC1. The predicted molar refractivity (Wildman–Crippen MR) is 69.0 cm³/mol. The van der Waals surface area contributed by atoms with E-state index in [1.165, 1.54) is 7.11 Å². The van der Waals surface area contributed by atoms with Crippen molar-refractivity contribution in [2.45, 2.75) is 32.6 Å². The lowest BCUT2D eigenvalue weighted by molar-refractivity contribution is -0.140. The lowest BCUT2D eigenvalue weighted by Gasteiger charge is -2.27. The van der Waals surface area contributed by atoms with Gasteiger partial charge >= 0.3 is 5.97 Å². The molecule has 0 aromatic heterocycles. The van der Waals surface area contributed by atoms with E-state index in [1.807, 2.05) is 0 Å². The van der Waals surface area contributed by atoms with Crippen molar-refractivity contribution in [2.24, 2.45) is 11.8 Å². The van der Waals surface area contributed by atoms with Gasteiger partial charge in [0.15, 0.2) is 0 Å². The molecule has 0 spiro atoms. The Balaban J connectivity index is 2.16. The van der Waals surface area contributed by atoms with Crippen LogP contribution in [0.15, 0.2) is 0 Å². The lowest BCUT2D eigenvalue weighted by Crippen LogP contribution is -2.34. The number of hydrogen-bond donors (Lipinski definition) is 2. The molecule has 0 aromatic carbocycles. The highest BCUT2D eigenvalue weighted by atomic mass is 16.5. The van der Waals surface area contributed by atoms with Crippen LogP contribution in [0.2, 0.25) is 0 Å². The van der Waals surface area contributed by atoms with E-state index in [9.17, 15) is 9.59 Å². The van der Waals surface area contributed by atoms with Crippen molar-refractivity contribution in [3.8, 4) is 0 Å². The first-order valence-electron chi connectivity index (χ1n) is 6.67. The molecule has 1 saturated heterocycles. The number of hydrogen-bond acceptors (Lipinski definition) is 4. The Hall–Kier alpha value is -1.10. The number of amides is 1. The summed E-state index contributed by atoms with van der Waals surface area (Å²) in [5.41, 5.74) is 0. The van der Waals surface area contributed by atoms with Crippen LogP contribution in [-0.2, 0) is 14.3 Å². The van der Waals surface area contributed by atoms with E-state index >= 15 is 0 Å². The summed E-state index contributed by atoms with van der Waals surface area (Å²) in [5.74, 6) is 0.787. The molecule has 104 valence electrons. The van der Waals surface area contributed by atoms with Gasteiger partial charge in [-0.3, -0.25) is 9.59 Å². The summed E-state index contributed by atoms with van der Waals surface area (Å²) in [6.45, 7) is 4.61. The summed E-state index contributed by atoms with van der Waals surface area (Å²) in [4.78, 5) is 22.6. The van der Waals surface area contributed by atoms with E-state index in [-0.39, 0.29) is 18.3 Å². The molecular formula is C13H24N2O3. The van der Waals surface area contributed by atoms with Gasteiger partial charge in [-0.05, 0) is 37.8 Å². The first kappa shape index (κ1) is 15.0. The van der Waals surface area contributed by atoms with Crippen molar-refractivity contribution < 1.29 is 14.3 Å². The van der Waals surface area contributed by atoms with Gasteiger partial charge in [-0.15, -0.1) is 0 Å². The third-order valence-corrected chi connectivity index (χ3v) is 3.57. The summed E-state index contributed by atoms with van der Waals surface area (Å²) in [6, 6.07) is 0. The first-order valence-corrected chi connectivity index (χ1v) is 6.67. The highest BCUT2D eigenvalue weighted by Gasteiger charge is 2.21. The minimum atomic E-state index is -0.290. The zero-order chi connectivity index (χ0) is 13.4. The largest absolute Gasteiger partial charge is 0.469 e. The van der Waals surface area contributed by atoms with Crippen molar-refractivity contribution >= 4 is 11.9 Å². The minimum Gasteiger partial charge on any atom is -0.469 e. The second-order valence-electron chi connectivity index (χ2n) is 4.94. The molecule has 1 aliphatic heterocycles. The van der Waals surface area contributed by atoms with Gasteiger partial charge in [0, 0.05) is 13.0 Å². The molecule has 1 unspecified atom stereocenters. The van der Waals surface area contributed by atoms with Crippen LogP contribution in [0.4, 0.5) is 0 Å². The summed E-state index contributed by atoms with van der Waals surface area (Å²) < 4.78 is 4.51. The number of carbonyl (C=O) groups is 2. The van der Waals surface area contributed by atoms with Crippen molar-refractivity contribution in [3.63, 3.8) is 0 Å². The summed E-state index contributed by atoms with van der Waals surface area (Å²) in [6.07, 6.45) is 3.09. The van der Waals surface area contributed by atoms with Crippen LogP contribution in [-0.4, -0.2) is 38.6 Å². The second-order valence-corrected chi connectivity index (χ2v) is 4.94. The van der Waals surface area contributed by atoms with E-state index in [0.717, 1.165) is 25.9 Å². The molecule has 5 nitrogen and oxygen atoms in total. The second kappa shape index (κ2) is 8.08. The number of methoxy groups -OCH3 is 1. The predicted octanol–water partition coefficient (Wildman–Crippen LogP) is 0.691. The molecule has 0 aromatic rings. The quantitative estimate of drug-likeness (QED) is 0.686. The number of piperidine rings is 1. The third-order valence-electron chi connectivity index (χ3n) is 3.57. The first-order chi connectivity index (χ1) is 8.63. The standard InChI is InChI=1S/C13H24N2O3/c1-10(11-3-6-14-7-4-11)9-12(16)15-8-5-13(17)18-2/h10-11,14H,3-9H2,1-2H3,(H,15,16). The van der Waals surface area contributed by atoms with E-state index in [0.29, 0.717) is 24.8 Å². The fraction of sp³-hybridized carbons (Fsp3) is 0.846. The normalized spacial score (nSPS) is 18.1. The molecule has 18 heavy (non-hydrogen) atoms. The molecule has 0 bridgehead atoms. The van der Waals surface area contributed by atoms with E-state index in [4.69, 9.17) is 0 Å². The number of ether oxygens (including phenoxy) is 1. The maximum atomic E-state index is 11.7. The number of rotatable bonds is 6. The van der Waals surface area contributed by atoms with Crippen LogP contribution < -0.4 is 10.6 Å². The van der Waals surface area contributed by atoms with E-state index in [1.54, 1.807) is 0 Å². The average Bonchev–Trinajstić information content (AvgIpc) is 2.39. The molecule has 1 fully saturated rings. The number of esters is 1. The molecule has 1 aliphatic rings. The van der Waals surface area contributed by atoms with Crippen molar-refractivity contribution in [1.82, 2.24) is 10.6 Å².